The maximum atomic E-state index is 11.8. The Morgan fingerprint density at radius 3 is 1.39 bits per heavy atom. The molecule has 0 amide bonds. The fourth-order valence-electron chi connectivity index (χ4n) is 3.46. The maximum Gasteiger partial charge on any atom is 0.305 e. The van der Waals surface area contributed by atoms with E-state index >= 15 is 0 Å². The summed E-state index contributed by atoms with van der Waals surface area (Å²) in [5, 5.41) is 0. The van der Waals surface area contributed by atoms with Crippen molar-refractivity contribution in [3.63, 3.8) is 0 Å². The van der Waals surface area contributed by atoms with Gasteiger partial charge in [-0.15, -0.1) is 0 Å². The van der Waals surface area contributed by atoms with Crippen molar-refractivity contribution in [2.24, 2.45) is 5.41 Å². The third kappa shape index (κ3) is 25.1. The highest BCUT2D eigenvalue weighted by Gasteiger charge is 2.13. The number of rotatable bonds is 21. The quantitative estimate of drug-likeness (QED) is 0.133. The van der Waals surface area contributed by atoms with E-state index < -0.39 is 0 Å². The van der Waals surface area contributed by atoms with Gasteiger partial charge in [-0.3, -0.25) is 9.59 Å². The molecule has 0 N–H and O–H groups in total. The average Bonchev–Trinajstić information content (AvgIpc) is 2.72. The molecule has 0 aliphatic carbocycles. The van der Waals surface area contributed by atoms with Gasteiger partial charge in [0.2, 0.25) is 0 Å². The zero-order chi connectivity index (χ0) is 23.2. The largest absolute Gasteiger partial charge is 0.466 e. The van der Waals surface area contributed by atoms with Gasteiger partial charge >= 0.3 is 11.9 Å². The second-order valence-corrected chi connectivity index (χ2v) is 10.2. The van der Waals surface area contributed by atoms with Crippen LogP contribution in [0.3, 0.4) is 0 Å². The molecule has 0 spiro atoms. The Morgan fingerprint density at radius 2 is 0.935 bits per heavy atom. The van der Waals surface area contributed by atoms with Crippen molar-refractivity contribution < 1.29 is 19.1 Å². The fourth-order valence-corrected chi connectivity index (χ4v) is 3.46. The van der Waals surface area contributed by atoms with E-state index in [1.54, 1.807) is 0 Å². The summed E-state index contributed by atoms with van der Waals surface area (Å²) >= 11 is 0. The van der Waals surface area contributed by atoms with Gasteiger partial charge in [-0.05, 0) is 24.7 Å². The van der Waals surface area contributed by atoms with E-state index in [0.717, 1.165) is 44.9 Å². The Morgan fingerprint density at radius 1 is 0.548 bits per heavy atom. The molecule has 0 aromatic heterocycles. The lowest BCUT2D eigenvalue weighted by Gasteiger charge is -2.17. The van der Waals surface area contributed by atoms with Crippen LogP contribution in [0.1, 0.15) is 143 Å². The predicted octanol–water partition coefficient (Wildman–Crippen LogP) is 8.16. The van der Waals surface area contributed by atoms with Crippen molar-refractivity contribution in [3.8, 4) is 0 Å². The molecular formula is C27H52O4. The number of carbonyl (C=O) groups is 2. The SMILES string of the molecule is CCCCCCCCCCCCOC(=O)CCCCCCCCC(=O)OCC(C)(C)C. The number of ether oxygens (including phenoxy) is 2. The topological polar surface area (TPSA) is 52.6 Å². The molecule has 0 saturated carbocycles. The van der Waals surface area contributed by atoms with E-state index in [0.29, 0.717) is 26.1 Å². The van der Waals surface area contributed by atoms with Crippen LogP contribution in [-0.2, 0) is 19.1 Å². The minimum atomic E-state index is -0.0833. The van der Waals surface area contributed by atoms with Crippen molar-refractivity contribution >= 4 is 11.9 Å². The zero-order valence-corrected chi connectivity index (χ0v) is 21.3. The van der Waals surface area contributed by atoms with Gasteiger partial charge in [-0.2, -0.15) is 0 Å². The molecule has 4 nitrogen and oxygen atoms in total. The summed E-state index contributed by atoms with van der Waals surface area (Å²) in [6.07, 6.45) is 20.1. The summed E-state index contributed by atoms with van der Waals surface area (Å²) in [5.74, 6) is -0.127. The van der Waals surface area contributed by atoms with Crippen LogP contribution >= 0.6 is 0 Å². The second-order valence-electron chi connectivity index (χ2n) is 10.2. The normalized spacial score (nSPS) is 11.5. The minimum Gasteiger partial charge on any atom is -0.466 e. The first-order valence-corrected chi connectivity index (χ1v) is 13.2. The van der Waals surface area contributed by atoms with Crippen molar-refractivity contribution in [3.05, 3.63) is 0 Å². The van der Waals surface area contributed by atoms with Crippen LogP contribution in [0.15, 0.2) is 0 Å². The Kier molecular flexibility index (Phi) is 20.1. The van der Waals surface area contributed by atoms with Gasteiger partial charge in [0.1, 0.15) is 0 Å². The maximum absolute atomic E-state index is 11.8. The van der Waals surface area contributed by atoms with E-state index in [9.17, 15) is 9.59 Å². The molecule has 31 heavy (non-hydrogen) atoms. The first-order valence-electron chi connectivity index (χ1n) is 13.2. The summed E-state index contributed by atoms with van der Waals surface area (Å²) in [7, 11) is 0. The molecule has 0 saturated heterocycles. The number of esters is 2. The molecule has 4 heteroatoms. The van der Waals surface area contributed by atoms with Crippen LogP contribution in [-0.4, -0.2) is 25.2 Å². The molecule has 0 rings (SSSR count). The summed E-state index contributed by atoms with van der Waals surface area (Å²) < 4.78 is 10.6. The van der Waals surface area contributed by atoms with Crippen LogP contribution in [0.2, 0.25) is 0 Å². The highest BCUT2D eigenvalue weighted by atomic mass is 16.5. The Balaban J connectivity index is 3.29. The zero-order valence-electron chi connectivity index (χ0n) is 21.3. The van der Waals surface area contributed by atoms with Crippen molar-refractivity contribution in [2.45, 2.75) is 143 Å². The lowest BCUT2D eigenvalue weighted by molar-refractivity contribution is -0.146. The molecule has 0 heterocycles. The summed E-state index contributed by atoms with van der Waals surface area (Å²) in [6.45, 7) is 9.52. The number of unbranched alkanes of at least 4 members (excludes halogenated alkanes) is 14. The Labute approximate surface area is 193 Å². The average molecular weight is 441 g/mol. The molecule has 0 aromatic rings. The van der Waals surface area contributed by atoms with Gasteiger partial charge in [-0.25, -0.2) is 0 Å². The van der Waals surface area contributed by atoms with Crippen LogP contribution in [0.4, 0.5) is 0 Å². The minimum absolute atomic E-state index is 0.0318. The second kappa shape index (κ2) is 20.8. The lowest BCUT2D eigenvalue weighted by atomic mass is 9.99. The fraction of sp³-hybridized carbons (Fsp3) is 0.926. The lowest BCUT2D eigenvalue weighted by Crippen LogP contribution is -2.18. The molecule has 0 unspecified atom stereocenters. The standard InChI is InChI=1S/C27H52O4/c1-5-6-7-8-9-10-11-14-17-20-23-30-25(28)21-18-15-12-13-16-19-22-26(29)31-24-27(2,3)4/h5-24H2,1-4H3. The van der Waals surface area contributed by atoms with Gasteiger partial charge in [0.15, 0.2) is 0 Å². The molecule has 0 aliphatic heterocycles. The number of carbonyl (C=O) groups excluding carboxylic acids is 2. The molecule has 0 radical (unpaired) electrons. The van der Waals surface area contributed by atoms with Gasteiger partial charge in [-0.1, -0.05) is 111 Å². The Bertz CT molecular complexity index is 425. The van der Waals surface area contributed by atoms with E-state index in [4.69, 9.17) is 9.47 Å². The summed E-state index contributed by atoms with van der Waals surface area (Å²) in [5.41, 5.74) is 0.0318. The van der Waals surface area contributed by atoms with Gasteiger partial charge in [0.05, 0.1) is 13.2 Å². The van der Waals surface area contributed by atoms with Crippen LogP contribution < -0.4 is 0 Å². The number of hydrogen-bond acceptors (Lipinski definition) is 4. The molecular weight excluding hydrogens is 388 g/mol. The monoisotopic (exact) mass is 440 g/mol. The first-order chi connectivity index (χ1) is 14.8. The molecule has 184 valence electrons. The highest BCUT2D eigenvalue weighted by molar-refractivity contribution is 5.69. The smallest absolute Gasteiger partial charge is 0.305 e. The van der Waals surface area contributed by atoms with Gasteiger partial charge in [0, 0.05) is 12.8 Å². The molecule has 0 aromatic carbocycles. The third-order valence-electron chi connectivity index (χ3n) is 5.44. The van der Waals surface area contributed by atoms with E-state index in [1.807, 2.05) is 0 Å². The van der Waals surface area contributed by atoms with Gasteiger partial charge < -0.3 is 9.47 Å². The molecule has 0 fully saturated rings. The van der Waals surface area contributed by atoms with Crippen LogP contribution in [0, 0.1) is 5.41 Å². The first kappa shape index (κ1) is 29.9. The molecule has 0 aliphatic rings. The number of hydrogen-bond donors (Lipinski definition) is 0. The third-order valence-corrected chi connectivity index (χ3v) is 5.44. The predicted molar refractivity (Wildman–Crippen MR) is 130 cm³/mol. The van der Waals surface area contributed by atoms with Gasteiger partial charge in [0.25, 0.3) is 0 Å². The van der Waals surface area contributed by atoms with E-state index in [2.05, 4.69) is 27.7 Å². The van der Waals surface area contributed by atoms with E-state index in [-0.39, 0.29) is 17.4 Å². The van der Waals surface area contributed by atoms with E-state index in [1.165, 1.54) is 57.8 Å². The highest BCUT2D eigenvalue weighted by Crippen LogP contribution is 2.15. The van der Waals surface area contributed by atoms with Crippen molar-refractivity contribution in [2.75, 3.05) is 13.2 Å². The van der Waals surface area contributed by atoms with Crippen LogP contribution in [0.5, 0.6) is 0 Å². The summed E-state index contributed by atoms with van der Waals surface area (Å²) in [6, 6.07) is 0. The molecule has 0 atom stereocenters. The Hall–Kier alpha value is -1.06. The van der Waals surface area contributed by atoms with Crippen molar-refractivity contribution in [1.29, 1.82) is 0 Å². The van der Waals surface area contributed by atoms with Crippen LogP contribution in [0.25, 0.3) is 0 Å². The van der Waals surface area contributed by atoms with Crippen molar-refractivity contribution in [1.82, 2.24) is 0 Å². The summed E-state index contributed by atoms with van der Waals surface area (Å²) in [4.78, 5) is 23.4. The molecule has 0 bridgehead atoms.